The maximum absolute atomic E-state index is 12.0. The summed E-state index contributed by atoms with van der Waals surface area (Å²) in [4.78, 5) is 23.2. The minimum Gasteiger partial charge on any atom is -0.454 e. The number of ether oxygens (including phenoxy) is 1. The van der Waals surface area contributed by atoms with Gasteiger partial charge >= 0.3 is 5.97 Å². The topological polar surface area (TPSA) is 86.4 Å². The summed E-state index contributed by atoms with van der Waals surface area (Å²) in [6.07, 6.45) is 4.67. The number of hydrogen-bond acceptors (Lipinski definition) is 5. The van der Waals surface area contributed by atoms with Gasteiger partial charge in [-0.1, -0.05) is 36.4 Å². The molecule has 2 aromatic carbocycles. The van der Waals surface area contributed by atoms with Gasteiger partial charge in [0.15, 0.2) is 12.4 Å². The van der Waals surface area contributed by atoms with Gasteiger partial charge in [0.05, 0.1) is 5.69 Å². The summed E-state index contributed by atoms with van der Waals surface area (Å²) in [6.45, 7) is -0.334. The maximum atomic E-state index is 12.0. The van der Waals surface area contributed by atoms with E-state index in [0.29, 0.717) is 17.0 Å². The van der Waals surface area contributed by atoms with Gasteiger partial charge in [0.25, 0.3) is 5.91 Å². The zero-order chi connectivity index (χ0) is 20.9. The largest absolute Gasteiger partial charge is 0.454 e. The van der Waals surface area contributed by atoms with Crippen LogP contribution < -0.4 is 5.32 Å². The van der Waals surface area contributed by atoms with Crippen molar-refractivity contribution in [1.82, 2.24) is 15.1 Å². The molecule has 0 saturated heterocycles. The van der Waals surface area contributed by atoms with Crippen molar-refractivity contribution in [1.29, 1.82) is 0 Å². The Hall–Kier alpha value is -4.13. The molecule has 30 heavy (non-hydrogen) atoms. The first-order valence-corrected chi connectivity index (χ1v) is 9.33. The lowest BCUT2D eigenvalue weighted by Crippen LogP contribution is -2.24. The minimum atomic E-state index is -0.624. The number of benzene rings is 2. The van der Waals surface area contributed by atoms with E-state index in [9.17, 15) is 9.59 Å². The molecule has 7 nitrogen and oxygen atoms in total. The van der Waals surface area contributed by atoms with Crippen molar-refractivity contribution in [2.75, 3.05) is 13.7 Å². The van der Waals surface area contributed by atoms with Crippen LogP contribution in [0.4, 0.5) is 0 Å². The molecule has 0 atom stereocenters. The van der Waals surface area contributed by atoms with E-state index < -0.39 is 5.97 Å². The van der Waals surface area contributed by atoms with Crippen LogP contribution in [0.25, 0.3) is 34.2 Å². The Morgan fingerprint density at radius 3 is 2.67 bits per heavy atom. The van der Waals surface area contributed by atoms with Crippen LogP contribution in [0.2, 0.25) is 0 Å². The fourth-order valence-corrected chi connectivity index (χ4v) is 2.93. The number of fused-ring (bicyclic) bond motifs is 1. The number of carbonyl (C=O) groups is 2. The number of esters is 1. The number of aromatic nitrogens is 2. The average molecular weight is 401 g/mol. The third-order valence-electron chi connectivity index (χ3n) is 4.45. The summed E-state index contributed by atoms with van der Waals surface area (Å²) in [6, 6.07) is 19.2. The molecule has 0 aliphatic heterocycles. The number of hydrogen-bond donors (Lipinski definition) is 1. The van der Waals surface area contributed by atoms with Gasteiger partial charge in [0.2, 0.25) is 0 Å². The lowest BCUT2D eigenvalue weighted by Gasteiger charge is -1.99. The third-order valence-corrected chi connectivity index (χ3v) is 4.45. The minimum absolute atomic E-state index is 0.334. The highest BCUT2D eigenvalue weighted by Crippen LogP contribution is 2.30. The normalized spacial score (nSPS) is 11.1. The number of likely N-dealkylation sites (N-methyl/N-ethyl adjacent to an activating group) is 1. The lowest BCUT2D eigenvalue weighted by molar-refractivity contribution is -0.143. The van der Waals surface area contributed by atoms with Gasteiger partial charge in [-0.2, -0.15) is 5.10 Å². The van der Waals surface area contributed by atoms with Gasteiger partial charge in [0.1, 0.15) is 11.3 Å². The summed E-state index contributed by atoms with van der Waals surface area (Å²) in [5.41, 5.74) is 2.89. The van der Waals surface area contributed by atoms with E-state index in [0.717, 1.165) is 16.7 Å². The van der Waals surface area contributed by atoms with E-state index in [4.69, 9.17) is 9.15 Å². The van der Waals surface area contributed by atoms with Gasteiger partial charge in [0, 0.05) is 30.3 Å². The molecule has 0 radical (unpaired) electrons. The van der Waals surface area contributed by atoms with Crippen LogP contribution in [0.15, 0.2) is 77.4 Å². The first-order valence-electron chi connectivity index (χ1n) is 9.33. The standard InChI is InChI=1S/C23H19N3O4/c1-24-21(27)15-29-22(28)12-11-17-14-26(18-8-3-2-4-9-18)25-23(17)20-13-16-7-5-6-10-19(16)30-20/h2-14H,15H2,1H3,(H,24,27)/b12-11+. The number of amides is 1. The highest BCUT2D eigenvalue weighted by Gasteiger charge is 2.15. The second-order valence-electron chi connectivity index (χ2n) is 6.48. The van der Waals surface area contributed by atoms with Gasteiger partial charge in [-0.15, -0.1) is 0 Å². The Bertz CT molecular complexity index is 1190. The van der Waals surface area contributed by atoms with Crippen LogP contribution >= 0.6 is 0 Å². The Labute approximate surface area is 172 Å². The summed E-state index contributed by atoms with van der Waals surface area (Å²) in [5, 5.41) is 8.02. The molecule has 0 saturated carbocycles. The smallest absolute Gasteiger partial charge is 0.331 e. The van der Waals surface area contributed by atoms with Crippen molar-refractivity contribution < 1.29 is 18.7 Å². The Kier molecular flexibility index (Phi) is 5.43. The molecular formula is C23H19N3O4. The van der Waals surface area contributed by atoms with Crippen LogP contribution in [-0.4, -0.2) is 35.3 Å². The highest BCUT2D eigenvalue weighted by molar-refractivity contribution is 5.91. The van der Waals surface area contributed by atoms with Crippen molar-refractivity contribution in [3.05, 3.63) is 78.5 Å². The fraction of sp³-hybridized carbons (Fsp3) is 0.0870. The zero-order valence-corrected chi connectivity index (χ0v) is 16.2. The Morgan fingerprint density at radius 1 is 1.13 bits per heavy atom. The molecule has 4 rings (SSSR count). The molecule has 1 amide bonds. The molecule has 1 N–H and O–H groups in total. The number of para-hydroxylation sites is 2. The third kappa shape index (κ3) is 4.15. The van der Waals surface area contributed by atoms with Crippen molar-refractivity contribution in [2.24, 2.45) is 0 Å². The molecule has 0 spiro atoms. The first kappa shape index (κ1) is 19.2. The van der Waals surface area contributed by atoms with Crippen LogP contribution in [0, 0.1) is 0 Å². The second kappa shape index (κ2) is 8.48. The number of carbonyl (C=O) groups excluding carboxylic acids is 2. The van der Waals surface area contributed by atoms with E-state index in [1.807, 2.05) is 60.7 Å². The van der Waals surface area contributed by atoms with E-state index >= 15 is 0 Å². The molecule has 0 unspecified atom stereocenters. The fourth-order valence-electron chi connectivity index (χ4n) is 2.93. The van der Waals surface area contributed by atoms with Crippen LogP contribution in [0.3, 0.4) is 0 Å². The number of nitrogens with one attached hydrogen (secondary N) is 1. The van der Waals surface area contributed by atoms with Crippen LogP contribution in [-0.2, 0) is 14.3 Å². The Balaban J connectivity index is 1.69. The van der Waals surface area contributed by atoms with Crippen molar-refractivity contribution in [3.8, 4) is 17.1 Å². The van der Waals surface area contributed by atoms with E-state index in [-0.39, 0.29) is 12.5 Å². The predicted molar refractivity (Wildman–Crippen MR) is 113 cm³/mol. The molecule has 0 fully saturated rings. The molecule has 0 aliphatic rings. The predicted octanol–water partition coefficient (Wildman–Crippen LogP) is 3.59. The molecule has 4 aromatic rings. The van der Waals surface area contributed by atoms with Crippen LogP contribution in [0.5, 0.6) is 0 Å². The number of rotatable bonds is 6. The van der Waals surface area contributed by atoms with Crippen molar-refractivity contribution in [2.45, 2.75) is 0 Å². The Morgan fingerprint density at radius 2 is 1.90 bits per heavy atom. The average Bonchev–Trinajstić information content (AvgIpc) is 3.40. The number of furan rings is 1. The van der Waals surface area contributed by atoms with Gasteiger partial charge in [-0.25, -0.2) is 9.48 Å². The van der Waals surface area contributed by atoms with E-state index in [2.05, 4.69) is 10.4 Å². The molecule has 150 valence electrons. The number of nitrogens with zero attached hydrogens (tertiary/aromatic N) is 2. The second-order valence-corrected chi connectivity index (χ2v) is 6.48. The SMILES string of the molecule is CNC(=O)COC(=O)/C=C/c1cn(-c2ccccc2)nc1-c1cc2ccccc2o1. The van der Waals surface area contributed by atoms with Crippen molar-refractivity contribution in [3.63, 3.8) is 0 Å². The van der Waals surface area contributed by atoms with E-state index in [1.165, 1.54) is 13.1 Å². The zero-order valence-electron chi connectivity index (χ0n) is 16.2. The van der Waals surface area contributed by atoms with Crippen molar-refractivity contribution >= 4 is 28.9 Å². The summed E-state index contributed by atoms with van der Waals surface area (Å²) in [7, 11) is 1.48. The monoisotopic (exact) mass is 401 g/mol. The van der Waals surface area contributed by atoms with Gasteiger partial charge in [-0.3, -0.25) is 4.79 Å². The molecule has 0 bridgehead atoms. The summed E-state index contributed by atoms with van der Waals surface area (Å²) in [5.74, 6) is -0.414. The highest BCUT2D eigenvalue weighted by atomic mass is 16.5. The maximum Gasteiger partial charge on any atom is 0.331 e. The lowest BCUT2D eigenvalue weighted by atomic mass is 10.2. The molecule has 2 heterocycles. The quantitative estimate of drug-likeness (QED) is 0.394. The van der Waals surface area contributed by atoms with E-state index in [1.54, 1.807) is 17.0 Å². The summed E-state index contributed by atoms with van der Waals surface area (Å²) >= 11 is 0. The molecule has 2 aromatic heterocycles. The molecule has 0 aliphatic carbocycles. The first-order chi connectivity index (χ1) is 14.6. The van der Waals surface area contributed by atoms with Gasteiger partial charge in [-0.05, 0) is 30.3 Å². The van der Waals surface area contributed by atoms with Gasteiger partial charge < -0.3 is 14.5 Å². The summed E-state index contributed by atoms with van der Waals surface area (Å²) < 4.78 is 12.6. The van der Waals surface area contributed by atoms with Crippen LogP contribution in [0.1, 0.15) is 5.56 Å². The molecule has 7 heteroatoms. The molecular weight excluding hydrogens is 382 g/mol.